The number of carbonyl (C=O) groups is 2. The van der Waals surface area contributed by atoms with Gasteiger partial charge in [-0.3, -0.25) is 9.59 Å². The Morgan fingerprint density at radius 1 is 1.21 bits per heavy atom. The van der Waals surface area contributed by atoms with E-state index in [1.807, 2.05) is 34.1 Å². The summed E-state index contributed by atoms with van der Waals surface area (Å²) in [5.41, 5.74) is 2.27. The molecule has 0 bridgehead atoms. The molecule has 4 nitrogen and oxygen atoms in total. The minimum Gasteiger partial charge on any atom is -0.330 e. The Kier molecular flexibility index (Phi) is 6.26. The Balaban J connectivity index is 1.57. The summed E-state index contributed by atoms with van der Waals surface area (Å²) < 4.78 is 0. The molecule has 0 saturated heterocycles. The first-order valence-electron chi connectivity index (χ1n) is 10.5. The number of rotatable bonds is 7. The molecule has 0 spiro atoms. The molecule has 0 N–H and O–H groups in total. The van der Waals surface area contributed by atoms with Crippen LogP contribution in [-0.2, 0) is 16.0 Å². The van der Waals surface area contributed by atoms with Gasteiger partial charge in [0.05, 0.1) is 6.04 Å². The number of nitrogens with zero attached hydrogens (tertiary/aromatic N) is 2. The van der Waals surface area contributed by atoms with Gasteiger partial charge in [-0.05, 0) is 60.4 Å². The van der Waals surface area contributed by atoms with Crippen molar-refractivity contribution in [2.24, 2.45) is 0 Å². The minimum absolute atomic E-state index is 0.0403. The van der Waals surface area contributed by atoms with Crippen molar-refractivity contribution in [2.75, 3.05) is 13.1 Å². The van der Waals surface area contributed by atoms with Crippen molar-refractivity contribution in [1.29, 1.82) is 0 Å². The number of unbranched alkanes of at least 4 members (excludes halogenated alkanes) is 1. The Morgan fingerprint density at radius 3 is 2.66 bits per heavy atom. The molecular formula is C23H27ClN2O2S. The van der Waals surface area contributed by atoms with E-state index < -0.39 is 0 Å². The molecule has 1 saturated carbocycles. The van der Waals surface area contributed by atoms with Crippen molar-refractivity contribution in [3.8, 4) is 0 Å². The molecule has 1 unspecified atom stereocenters. The quantitative estimate of drug-likeness (QED) is 0.616. The van der Waals surface area contributed by atoms with Gasteiger partial charge in [-0.15, -0.1) is 11.3 Å². The number of halogens is 1. The first kappa shape index (κ1) is 20.4. The molecule has 1 aromatic heterocycles. The molecule has 4 rings (SSSR count). The lowest BCUT2D eigenvalue weighted by molar-refractivity contribution is -0.142. The van der Waals surface area contributed by atoms with E-state index in [1.54, 1.807) is 11.3 Å². The highest BCUT2D eigenvalue weighted by molar-refractivity contribution is 7.10. The van der Waals surface area contributed by atoms with E-state index in [1.165, 1.54) is 10.4 Å². The summed E-state index contributed by atoms with van der Waals surface area (Å²) in [7, 11) is 0. The molecule has 2 heterocycles. The highest BCUT2D eigenvalue weighted by atomic mass is 35.5. The van der Waals surface area contributed by atoms with Crippen LogP contribution in [-0.4, -0.2) is 40.7 Å². The molecule has 1 fully saturated rings. The van der Waals surface area contributed by atoms with Crippen LogP contribution in [0.15, 0.2) is 35.7 Å². The maximum absolute atomic E-state index is 13.4. The van der Waals surface area contributed by atoms with E-state index in [2.05, 4.69) is 18.4 Å². The highest BCUT2D eigenvalue weighted by Gasteiger charge is 2.37. The van der Waals surface area contributed by atoms with Gasteiger partial charge < -0.3 is 9.80 Å². The van der Waals surface area contributed by atoms with E-state index >= 15 is 0 Å². The number of thiophene rings is 1. The van der Waals surface area contributed by atoms with Gasteiger partial charge >= 0.3 is 0 Å². The summed E-state index contributed by atoms with van der Waals surface area (Å²) >= 11 is 7.85. The van der Waals surface area contributed by atoms with E-state index in [-0.39, 0.29) is 30.4 Å². The molecule has 1 atom stereocenters. The van der Waals surface area contributed by atoms with Gasteiger partial charge in [-0.1, -0.05) is 37.1 Å². The van der Waals surface area contributed by atoms with Gasteiger partial charge in [0, 0.05) is 28.9 Å². The number of carbonyl (C=O) groups excluding carboxylic acids is 2. The monoisotopic (exact) mass is 430 g/mol. The normalized spacial score (nSPS) is 18.4. The van der Waals surface area contributed by atoms with Crippen LogP contribution in [0.4, 0.5) is 0 Å². The lowest BCUT2D eigenvalue weighted by Gasteiger charge is -2.37. The molecule has 1 aliphatic heterocycles. The van der Waals surface area contributed by atoms with Crippen molar-refractivity contribution in [2.45, 2.75) is 57.5 Å². The zero-order valence-corrected chi connectivity index (χ0v) is 18.3. The maximum Gasteiger partial charge on any atom is 0.243 e. The van der Waals surface area contributed by atoms with Crippen molar-refractivity contribution >= 4 is 34.8 Å². The molecular weight excluding hydrogens is 404 g/mol. The second kappa shape index (κ2) is 8.88. The topological polar surface area (TPSA) is 40.6 Å². The molecule has 1 aromatic carbocycles. The average Bonchev–Trinajstić information content (AvgIpc) is 3.45. The van der Waals surface area contributed by atoms with Crippen LogP contribution >= 0.6 is 22.9 Å². The summed E-state index contributed by atoms with van der Waals surface area (Å²) in [4.78, 5) is 31.2. The minimum atomic E-state index is -0.110. The van der Waals surface area contributed by atoms with Crippen molar-refractivity contribution in [1.82, 2.24) is 9.80 Å². The lowest BCUT2D eigenvalue weighted by atomic mass is 9.93. The maximum atomic E-state index is 13.4. The van der Waals surface area contributed by atoms with E-state index in [4.69, 9.17) is 11.6 Å². The summed E-state index contributed by atoms with van der Waals surface area (Å²) in [5.74, 6) is 0.164. The lowest BCUT2D eigenvalue weighted by Crippen LogP contribution is -2.47. The van der Waals surface area contributed by atoms with Crippen molar-refractivity contribution in [3.63, 3.8) is 0 Å². The summed E-state index contributed by atoms with van der Waals surface area (Å²) in [6, 6.07) is 10.0. The fourth-order valence-electron chi connectivity index (χ4n) is 4.10. The molecule has 6 heteroatoms. The molecule has 0 radical (unpaired) electrons. The zero-order valence-electron chi connectivity index (χ0n) is 16.8. The molecule has 2 amide bonds. The van der Waals surface area contributed by atoms with Crippen LogP contribution in [0.3, 0.4) is 0 Å². The van der Waals surface area contributed by atoms with Gasteiger partial charge in [0.1, 0.15) is 6.54 Å². The standard InChI is InChI=1S/C23H27ClN2O2S/c1-2-3-4-21(27)26(18-9-10-18)15-22(28)25-13-11-20-19(12-14-29-20)23(25)16-5-7-17(24)8-6-16/h5-8,12,14,18,23H,2-4,9-11,13,15H2,1H3. The Bertz CT molecular complexity index is 875. The Labute approximate surface area is 181 Å². The fourth-order valence-corrected chi connectivity index (χ4v) is 5.13. The molecule has 2 aromatic rings. The van der Waals surface area contributed by atoms with Gasteiger partial charge in [0.15, 0.2) is 0 Å². The first-order valence-corrected chi connectivity index (χ1v) is 11.7. The van der Waals surface area contributed by atoms with Crippen LogP contribution in [0.2, 0.25) is 5.02 Å². The number of hydrogen-bond donors (Lipinski definition) is 0. The Hall–Kier alpha value is -1.85. The number of amides is 2. The summed E-state index contributed by atoms with van der Waals surface area (Å²) in [6.07, 6.45) is 5.31. The van der Waals surface area contributed by atoms with E-state index in [0.29, 0.717) is 18.0 Å². The van der Waals surface area contributed by atoms with Gasteiger partial charge in [0.2, 0.25) is 11.8 Å². The van der Waals surface area contributed by atoms with Crippen LogP contribution in [0.5, 0.6) is 0 Å². The molecule has 2 aliphatic rings. The fraction of sp³-hybridized carbons (Fsp3) is 0.478. The third-order valence-corrected chi connectivity index (χ3v) is 7.08. The smallest absolute Gasteiger partial charge is 0.243 e. The number of benzene rings is 1. The first-order chi connectivity index (χ1) is 14.1. The zero-order chi connectivity index (χ0) is 20.4. The van der Waals surface area contributed by atoms with E-state index in [0.717, 1.165) is 37.7 Å². The largest absolute Gasteiger partial charge is 0.330 e. The van der Waals surface area contributed by atoms with Crippen LogP contribution in [0, 0.1) is 0 Å². The number of hydrogen-bond acceptors (Lipinski definition) is 3. The molecule has 29 heavy (non-hydrogen) atoms. The highest BCUT2D eigenvalue weighted by Crippen LogP contribution is 2.38. The van der Waals surface area contributed by atoms with Crippen molar-refractivity contribution < 1.29 is 9.59 Å². The number of fused-ring (bicyclic) bond motifs is 1. The van der Waals surface area contributed by atoms with Crippen LogP contribution in [0.25, 0.3) is 0 Å². The SMILES string of the molecule is CCCCC(=O)N(CC(=O)N1CCc2sccc2C1c1ccc(Cl)cc1)C1CC1. The predicted octanol–water partition coefficient (Wildman–Crippen LogP) is 5.06. The average molecular weight is 431 g/mol. The second-order valence-corrected chi connectivity index (χ2v) is 9.38. The van der Waals surface area contributed by atoms with Gasteiger partial charge in [0.25, 0.3) is 0 Å². The summed E-state index contributed by atoms with van der Waals surface area (Å²) in [6.45, 7) is 2.96. The Morgan fingerprint density at radius 2 is 1.97 bits per heavy atom. The third-order valence-electron chi connectivity index (χ3n) is 5.83. The van der Waals surface area contributed by atoms with Crippen LogP contribution in [0.1, 0.15) is 61.1 Å². The predicted molar refractivity (Wildman–Crippen MR) is 117 cm³/mol. The van der Waals surface area contributed by atoms with Crippen molar-refractivity contribution in [3.05, 3.63) is 56.7 Å². The van der Waals surface area contributed by atoms with Gasteiger partial charge in [-0.2, -0.15) is 0 Å². The van der Waals surface area contributed by atoms with E-state index in [9.17, 15) is 9.59 Å². The molecule has 1 aliphatic carbocycles. The third kappa shape index (κ3) is 4.51. The van der Waals surface area contributed by atoms with Crippen LogP contribution < -0.4 is 0 Å². The summed E-state index contributed by atoms with van der Waals surface area (Å²) in [5, 5.41) is 2.79. The molecule has 154 valence electrons. The van der Waals surface area contributed by atoms with Gasteiger partial charge in [-0.25, -0.2) is 0 Å². The second-order valence-electron chi connectivity index (χ2n) is 7.95.